The number of hydrogen-bond acceptors (Lipinski definition) is 3. The van der Waals surface area contributed by atoms with E-state index >= 15 is 0 Å². The number of nitrogens with zero attached hydrogens (tertiary/aromatic N) is 2. The molecule has 1 N–H and O–H groups in total. The molecular weight excluding hydrogens is 325 g/mol. The Kier molecular flexibility index (Phi) is 4.77. The number of halogens is 2. The monoisotopic (exact) mass is 341 g/mol. The summed E-state index contributed by atoms with van der Waals surface area (Å²) in [6.45, 7) is 4.46. The summed E-state index contributed by atoms with van der Waals surface area (Å²) in [5, 5.41) is 3.26. The van der Waals surface area contributed by atoms with Crippen LogP contribution in [0.2, 0.25) is 0 Å². The number of methoxy groups -OCH3 is 1. The summed E-state index contributed by atoms with van der Waals surface area (Å²) < 4.78 is 21.2. The summed E-state index contributed by atoms with van der Waals surface area (Å²) in [7, 11) is 1.65. The zero-order valence-electron chi connectivity index (χ0n) is 11.7. The van der Waals surface area contributed by atoms with Gasteiger partial charge in [-0.3, -0.25) is 4.57 Å². The van der Waals surface area contributed by atoms with Crippen LogP contribution in [0.3, 0.4) is 0 Å². The third kappa shape index (κ3) is 3.37. The number of nitrogens with one attached hydrogen (secondary N) is 1. The second-order valence-corrected chi connectivity index (χ2v) is 5.53. The highest BCUT2D eigenvalue weighted by atomic mass is 79.9. The van der Waals surface area contributed by atoms with E-state index in [1.807, 2.05) is 24.6 Å². The van der Waals surface area contributed by atoms with Crippen molar-refractivity contribution in [3.63, 3.8) is 0 Å². The van der Waals surface area contributed by atoms with E-state index in [0.29, 0.717) is 18.2 Å². The molecule has 2 aromatic rings. The molecule has 0 amide bonds. The lowest BCUT2D eigenvalue weighted by Gasteiger charge is -2.16. The van der Waals surface area contributed by atoms with Gasteiger partial charge in [0.25, 0.3) is 0 Å². The zero-order valence-corrected chi connectivity index (χ0v) is 13.2. The third-order valence-corrected chi connectivity index (χ3v) is 3.46. The van der Waals surface area contributed by atoms with Crippen molar-refractivity contribution in [1.82, 2.24) is 9.55 Å². The van der Waals surface area contributed by atoms with Crippen LogP contribution in [-0.2, 0) is 4.74 Å². The first-order chi connectivity index (χ1) is 9.51. The molecule has 0 saturated carbocycles. The minimum Gasteiger partial charge on any atom is -0.383 e. The van der Waals surface area contributed by atoms with Crippen molar-refractivity contribution < 1.29 is 9.13 Å². The lowest BCUT2D eigenvalue weighted by Crippen LogP contribution is -2.23. The van der Waals surface area contributed by atoms with Crippen LogP contribution in [-0.4, -0.2) is 29.3 Å². The number of rotatable bonds is 5. The molecule has 1 aromatic heterocycles. The van der Waals surface area contributed by atoms with Gasteiger partial charge in [0.1, 0.15) is 5.82 Å². The molecule has 0 radical (unpaired) electrons. The van der Waals surface area contributed by atoms with Crippen LogP contribution >= 0.6 is 15.9 Å². The van der Waals surface area contributed by atoms with E-state index in [1.165, 1.54) is 12.1 Å². The molecule has 0 bridgehead atoms. The first-order valence-electron chi connectivity index (χ1n) is 6.28. The van der Waals surface area contributed by atoms with Gasteiger partial charge in [-0.15, -0.1) is 0 Å². The summed E-state index contributed by atoms with van der Waals surface area (Å²) in [6.07, 6.45) is 1.86. The number of aromatic nitrogens is 2. The molecule has 0 fully saturated rings. The second-order valence-electron chi connectivity index (χ2n) is 4.67. The molecule has 2 rings (SSSR count). The number of imidazole rings is 1. The highest BCUT2D eigenvalue weighted by Gasteiger charge is 2.13. The molecule has 0 aliphatic rings. The van der Waals surface area contributed by atoms with Crippen molar-refractivity contribution in [3.8, 4) is 5.69 Å². The minimum atomic E-state index is -0.287. The van der Waals surface area contributed by atoms with Crippen molar-refractivity contribution in [3.05, 3.63) is 40.4 Å². The molecule has 1 atom stereocenters. The van der Waals surface area contributed by atoms with E-state index in [2.05, 4.69) is 26.2 Å². The van der Waals surface area contributed by atoms with E-state index in [0.717, 1.165) is 10.2 Å². The summed E-state index contributed by atoms with van der Waals surface area (Å²) in [6, 6.07) is 4.67. The van der Waals surface area contributed by atoms with Crippen LogP contribution in [0.25, 0.3) is 5.69 Å². The Morgan fingerprint density at radius 3 is 2.95 bits per heavy atom. The van der Waals surface area contributed by atoms with Crippen molar-refractivity contribution in [2.24, 2.45) is 0 Å². The number of hydrogen-bond donors (Lipinski definition) is 1. The molecule has 0 saturated heterocycles. The van der Waals surface area contributed by atoms with Gasteiger partial charge < -0.3 is 10.1 Å². The predicted octanol–water partition coefficient (Wildman–Crippen LogP) is 3.53. The molecule has 20 heavy (non-hydrogen) atoms. The minimum absolute atomic E-state index is 0.105. The number of aryl methyl sites for hydroxylation is 1. The number of anilines is 1. The smallest absolute Gasteiger partial charge is 0.208 e. The Hall–Kier alpha value is -1.40. The Balaban J connectivity index is 2.38. The van der Waals surface area contributed by atoms with Crippen molar-refractivity contribution >= 4 is 21.9 Å². The van der Waals surface area contributed by atoms with Crippen molar-refractivity contribution in [2.75, 3.05) is 19.0 Å². The van der Waals surface area contributed by atoms with Gasteiger partial charge in [-0.05, 0) is 48.0 Å². The van der Waals surface area contributed by atoms with Crippen LogP contribution in [0.4, 0.5) is 10.3 Å². The topological polar surface area (TPSA) is 39.1 Å². The fourth-order valence-electron chi connectivity index (χ4n) is 1.97. The highest BCUT2D eigenvalue weighted by molar-refractivity contribution is 9.10. The summed E-state index contributed by atoms with van der Waals surface area (Å²) >= 11 is 3.44. The van der Waals surface area contributed by atoms with Crippen LogP contribution in [0.5, 0.6) is 0 Å². The van der Waals surface area contributed by atoms with E-state index in [9.17, 15) is 4.39 Å². The second kappa shape index (κ2) is 6.37. The Morgan fingerprint density at radius 2 is 2.25 bits per heavy atom. The average molecular weight is 342 g/mol. The van der Waals surface area contributed by atoms with Crippen LogP contribution < -0.4 is 5.32 Å². The molecule has 1 aromatic carbocycles. The van der Waals surface area contributed by atoms with Crippen molar-refractivity contribution in [2.45, 2.75) is 19.9 Å². The van der Waals surface area contributed by atoms with Gasteiger partial charge in [0.2, 0.25) is 5.95 Å². The van der Waals surface area contributed by atoms with Crippen LogP contribution in [0, 0.1) is 12.7 Å². The van der Waals surface area contributed by atoms with Gasteiger partial charge in [0.05, 0.1) is 18.0 Å². The first-order valence-corrected chi connectivity index (χ1v) is 7.07. The molecule has 4 nitrogen and oxygen atoms in total. The molecule has 1 unspecified atom stereocenters. The van der Waals surface area contributed by atoms with Crippen LogP contribution in [0.1, 0.15) is 12.6 Å². The van der Waals surface area contributed by atoms with Gasteiger partial charge in [-0.25, -0.2) is 9.37 Å². The average Bonchev–Trinajstić information content (AvgIpc) is 2.73. The largest absolute Gasteiger partial charge is 0.383 e. The molecular formula is C14H17BrFN3O. The summed E-state index contributed by atoms with van der Waals surface area (Å²) in [5.74, 6) is 0.379. The summed E-state index contributed by atoms with van der Waals surface area (Å²) in [5.41, 5.74) is 1.56. The van der Waals surface area contributed by atoms with E-state index in [4.69, 9.17) is 4.74 Å². The Labute approximate surface area is 126 Å². The standard InChI is InChI=1S/C14H17BrFN3O/c1-9-7-19(13-6-11(16)4-5-12(13)15)14(17-9)18-10(2)8-20-3/h4-7,10H,8H2,1-3H3,(H,17,18). The third-order valence-electron chi connectivity index (χ3n) is 2.79. The molecule has 0 aliphatic carbocycles. The summed E-state index contributed by atoms with van der Waals surface area (Å²) in [4.78, 5) is 4.43. The van der Waals surface area contributed by atoms with Gasteiger partial charge in [0.15, 0.2) is 0 Å². The quantitative estimate of drug-likeness (QED) is 0.904. The van der Waals surface area contributed by atoms with Gasteiger partial charge >= 0.3 is 0 Å². The Bertz CT molecular complexity index is 600. The SMILES string of the molecule is COCC(C)Nc1nc(C)cn1-c1cc(F)ccc1Br. The molecule has 0 aliphatic heterocycles. The fraction of sp³-hybridized carbons (Fsp3) is 0.357. The fourth-order valence-corrected chi connectivity index (χ4v) is 2.40. The van der Waals surface area contributed by atoms with E-state index in [-0.39, 0.29) is 11.9 Å². The maximum absolute atomic E-state index is 13.5. The van der Waals surface area contributed by atoms with E-state index in [1.54, 1.807) is 13.2 Å². The zero-order chi connectivity index (χ0) is 14.7. The maximum atomic E-state index is 13.5. The van der Waals surface area contributed by atoms with Crippen LogP contribution in [0.15, 0.2) is 28.9 Å². The number of benzene rings is 1. The number of ether oxygens (including phenoxy) is 1. The molecule has 0 spiro atoms. The first kappa shape index (κ1) is 15.0. The highest BCUT2D eigenvalue weighted by Crippen LogP contribution is 2.25. The van der Waals surface area contributed by atoms with Gasteiger partial charge in [0, 0.05) is 23.8 Å². The lowest BCUT2D eigenvalue weighted by molar-refractivity contribution is 0.190. The van der Waals surface area contributed by atoms with E-state index < -0.39 is 0 Å². The van der Waals surface area contributed by atoms with Gasteiger partial charge in [-0.1, -0.05) is 0 Å². The molecule has 108 valence electrons. The van der Waals surface area contributed by atoms with Gasteiger partial charge in [-0.2, -0.15) is 0 Å². The van der Waals surface area contributed by atoms with Crippen molar-refractivity contribution in [1.29, 1.82) is 0 Å². The normalized spacial score (nSPS) is 12.4. The molecule has 1 heterocycles. The lowest BCUT2D eigenvalue weighted by atomic mass is 10.3. The molecule has 6 heteroatoms. The Morgan fingerprint density at radius 1 is 1.50 bits per heavy atom. The maximum Gasteiger partial charge on any atom is 0.208 e. The predicted molar refractivity (Wildman–Crippen MR) is 80.9 cm³/mol.